The maximum atomic E-state index is 11.7. The fourth-order valence-corrected chi connectivity index (χ4v) is 0.823. The summed E-state index contributed by atoms with van der Waals surface area (Å²) in [5, 5.41) is 0. The molecule has 0 saturated heterocycles. The van der Waals surface area contributed by atoms with E-state index in [9.17, 15) is 22.0 Å². The summed E-state index contributed by atoms with van der Waals surface area (Å²) < 4.78 is 65.8. The summed E-state index contributed by atoms with van der Waals surface area (Å²) in [7, 11) is 0. The Labute approximate surface area is 81.2 Å². The third-order valence-electron chi connectivity index (χ3n) is 1.28. The summed E-state index contributed by atoms with van der Waals surface area (Å²) >= 11 is 0. The van der Waals surface area contributed by atoms with Crippen molar-refractivity contribution in [2.45, 2.75) is 13.0 Å². The van der Waals surface area contributed by atoms with Crippen LogP contribution in [0, 0.1) is 0 Å². The lowest BCUT2D eigenvalue weighted by molar-refractivity contribution is -0.274. The van der Waals surface area contributed by atoms with Gasteiger partial charge in [0, 0.05) is 0 Å². The molecule has 7 heteroatoms. The Morgan fingerprint density at radius 2 is 1.40 bits per heavy atom. The van der Waals surface area contributed by atoms with Gasteiger partial charge in [0.2, 0.25) is 0 Å². The minimum Gasteiger partial charge on any atom is -0.435 e. The summed E-state index contributed by atoms with van der Waals surface area (Å²) in [6, 6.07) is 3.66. The summed E-state index contributed by atoms with van der Waals surface area (Å²) in [5.74, 6) is -0.733. The lowest BCUT2D eigenvalue weighted by atomic mass is 10.3. The first-order chi connectivity index (χ1) is 6.87. The van der Waals surface area contributed by atoms with Crippen LogP contribution >= 0.6 is 0 Å². The van der Waals surface area contributed by atoms with Crippen LogP contribution in [0.25, 0.3) is 0 Å². The van der Waals surface area contributed by atoms with E-state index in [0.717, 1.165) is 24.3 Å². The average molecular weight is 228 g/mol. The van der Waals surface area contributed by atoms with Gasteiger partial charge in [-0.3, -0.25) is 0 Å². The van der Waals surface area contributed by atoms with Crippen LogP contribution in [-0.4, -0.2) is 13.0 Å². The van der Waals surface area contributed by atoms with Crippen molar-refractivity contribution in [1.29, 1.82) is 0 Å². The molecular weight excluding hydrogens is 223 g/mol. The second-order valence-electron chi connectivity index (χ2n) is 2.40. The van der Waals surface area contributed by atoms with Gasteiger partial charge in [0.15, 0.2) is 0 Å². The number of alkyl halides is 5. The Kier molecular flexibility index (Phi) is 3.33. The first-order valence-corrected chi connectivity index (χ1v) is 3.67. The number of hydrogen-bond donors (Lipinski definition) is 0. The molecule has 0 aromatic heterocycles. The molecule has 0 radical (unpaired) electrons. The first kappa shape index (κ1) is 11.5. The van der Waals surface area contributed by atoms with Gasteiger partial charge in [-0.05, 0) is 24.3 Å². The van der Waals surface area contributed by atoms with Crippen molar-refractivity contribution in [3.8, 4) is 11.5 Å². The standard InChI is InChI=1S/C8H5F5O2/c9-7(10)14-5-1-3-6(4-2-5)15-8(11,12)13/h1-4,7H. The smallest absolute Gasteiger partial charge is 0.435 e. The molecule has 2 nitrogen and oxygen atoms in total. The third-order valence-corrected chi connectivity index (χ3v) is 1.28. The number of benzene rings is 1. The highest BCUT2D eigenvalue weighted by atomic mass is 19.4. The first-order valence-electron chi connectivity index (χ1n) is 3.67. The largest absolute Gasteiger partial charge is 0.573 e. The van der Waals surface area contributed by atoms with E-state index in [2.05, 4.69) is 9.47 Å². The molecular formula is C8H5F5O2. The Hall–Kier alpha value is -1.53. The third kappa shape index (κ3) is 4.48. The van der Waals surface area contributed by atoms with Crippen molar-refractivity contribution in [3.63, 3.8) is 0 Å². The van der Waals surface area contributed by atoms with Gasteiger partial charge in [0.05, 0.1) is 0 Å². The zero-order valence-electron chi connectivity index (χ0n) is 7.09. The quantitative estimate of drug-likeness (QED) is 0.739. The molecule has 0 aliphatic carbocycles. The maximum absolute atomic E-state index is 11.7. The Bertz CT molecular complexity index is 306. The number of rotatable bonds is 3. The topological polar surface area (TPSA) is 18.5 Å². The van der Waals surface area contributed by atoms with Gasteiger partial charge in [-0.25, -0.2) is 0 Å². The molecule has 84 valence electrons. The van der Waals surface area contributed by atoms with Crippen LogP contribution < -0.4 is 9.47 Å². The molecule has 0 saturated carbocycles. The van der Waals surface area contributed by atoms with Crippen LogP contribution in [0.5, 0.6) is 11.5 Å². The monoisotopic (exact) mass is 228 g/mol. The van der Waals surface area contributed by atoms with Crippen LogP contribution in [0.1, 0.15) is 0 Å². The molecule has 1 aromatic rings. The van der Waals surface area contributed by atoms with Crippen molar-refractivity contribution in [2.75, 3.05) is 0 Å². The number of ether oxygens (including phenoxy) is 2. The molecule has 0 atom stereocenters. The van der Waals surface area contributed by atoms with Gasteiger partial charge >= 0.3 is 13.0 Å². The van der Waals surface area contributed by atoms with E-state index in [0.29, 0.717) is 0 Å². The molecule has 1 rings (SSSR count). The van der Waals surface area contributed by atoms with Gasteiger partial charge in [0.1, 0.15) is 11.5 Å². The second kappa shape index (κ2) is 4.33. The second-order valence-corrected chi connectivity index (χ2v) is 2.40. The highest BCUT2D eigenvalue weighted by Crippen LogP contribution is 2.25. The molecule has 0 N–H and O–H groups in total. The Morgan fingerprint density at radius 3 is 1.80 bits per heavy atom. The molecule has 0 bridgehead atoms. The summed E-state index contributed by atoms with van der Waals surface area (Å²) in [5.41, 5.74) is 0. The van der Waals surface area contributed by atoms with Crippen molar-refractivity contribution in [2.24, 2.45) is 0 Å². The molecule has 15 heavy (non-hydrogen) atoms. The fourth-order valence-electron chi connectivity index (χ4n) is 0.823. The van der Waals surface area contributed by atoms with E-state index in [-0.39, 0.29) is 5.75 Å². The van der Waals surface area contributed by atoms with Crippen molar-refractivity contribution in [3.05, 3.63) is 24.3 Å². The molecule has 0 aliphatic rings. The molecule has 0 amide bonds. The molecule has 0 spiro atoms. The molecule has 0 fully saturated rings. The predicted molar refractivity (Wildman–Crippen MR) is 39.8 cm³/mol. The minimum atomic E-state index is -4.80. The summed E-state index contributed by atoms with van der Waals surface area (Å²) in [6.07, 6.45) is -4.80. The predicted octanol–water partition coefficient (Wildman–Crippen LogP) is 3.19. The van der Waals surface area contributed by atoms with Gasteiger partial charge in [-0.2, -0.15) is 8.78 Å². The fraction of sp³-hybridized carbons (Fsp3) is 0.250. The highest BCUT2D eigenvalue weighted by Gasteiger charge is 2.30. The van der Waals surface area contributed by atoms with Crippen molar-refractivity contribution >= 4 is 0 Å². The van der Waals surface area contributed by atoms with Crippen LogP contribution in [0.2, 0.25) is 0 Å². The van der Waals surface area contributed by atoms with E-state index in [1.54, 1.807) is 0 Å². The molecule has 0 unspecified atom stereocenters. The van der Waals surface area contributed by atoms with Crippen LogP contribution in [0.3, 0.4) is 0 Å². The van der Waals surface area contributed by atoms with Gasteiger partial charge < -0.3 is 9.47 Å². The van der Waals surface area contributed by atoms with Gasteiger partial charge in [-0.1, -0.05) is 0 Å². The summed E-state index contributed by atoms with van der Waals surface area (Å²) in [6.45, 7) is -3.01. The van der Waals surface area contributed by atoms with E-state index < -0.39 is 18.7 Å². The average Bonchev–Trinajstić information content (AvgIpc) is 2.05. The number of halogens is 5. The summed E-state index contributed by atoms with van der Waals surface area (Å²) in [4.78, 5) is 0. The Morgan fingerprint density at radius 1 is 0.933 bits per heavy atom. The molecule has 0 heterocycles. The van der Waals surface area contributed by atoms with E-state index in [4.69, 9.17) is 0 Å². The maximum Gasteiger partial charge on any atom is 0.573 e. The van der Waals surface area contributed by atoms with Crippen LogP contribution in [-0.2, 0) is 0 Å². The lowest BCUT2D eigenvalue weighted by Gasteiger charge is -2.09. The highest BCUT2D eigenvalue weighted by molar-refractivity contribution is 5.31. The van der Waals surface area contributed by atoms with Gasteiger partial charge in [-0.15, -0.1) is 13.2 Å². The number of hydrogen-bond acceptors (Lipinski definition) is 2. The zero-order valence-corrected chi connectivity index (χ0v) is 7.09. The molecule has 0 aliphatic heterocycles. The normalized spacial score (nSPS) is 11.6. The lowest BCUT2D eigenvalue weighted by Crippen LogP contribution is -2.17. The molecule has 1 aromatic carbocycles. The zero-order chi connectivity index (χ0) is 11.5. The van der Waals surface area contributed by atoms with Crippen molar-refractivity contribution < 1.29 is 31.4 Å². The van der Waals surface area contributed by atoms with Gasteiger partial charge in [0.25, 0.3) is 0 Å². The minimum absolute atomic E-state index is 0.237. The SMILES string of the molecule is FC(F)Oc1ccc(OC(F)(F)F)cc1. The van der Waals surface area contributed by atoms with Crippen molar-refractivity contribution in [1.82, 2.24) is 0 Å². The van der Waals surface area contributed by atoms with Crippen LogP contribution in [0.4, 0.5) is 22.0 Å². The van der Waals surface area contributed by atoms with Crippen LogP contribution in [0.15, 0.2) is 24.3 Å². The van der Waals surface area contributed by atoms with E-state index >= 15 is 0 Å². The van der Waals surface area contributed by atoms with E-state index in [1.165, 1.54) is 0 Å². The van der Waals surface area contributed by atoms with E-state index in [1.807, 2.05) is 0 Å². The Balaban J connectivity index is 2.64.